The van der Waals surface area contributed by atoms with Crippen LogP contribution in [0.25, 0.3) is 0 Å². The topological polar surface area (TPSA) is 67.6 Å². The van der Waals surface area contributed by atoms with Gasteiger partial charge in [0.15, 0.2) is 0 Å². The van der Waals surface area contributed by atoms with Gasteiger partial charge in [-0.1, -0.05) is 26.0 Å². The van der Waals surface area contributed by atoms with Gasteiger partial charge in [0.05, 0.1) is 35.3 Å². The van der Waals surface area contributed by atoms with Crippen molar-refractivity contribution in [2.24, 2.45) is 0 Å². The van der Waals surface area contributed by atoms with Crippen LogP contribution in [0.4, 0.5) is 5.69 Å². The van der Waals surface area contributed by atoms with E-state index >= 15 is 0 Å². The maximum atomic E-state index is 8.78. The quantitative estimate of drug-likeness (QED) is 0.915. The number of nitrogens with zero attached hydrogens (tertiary/aromatic N) is 3. The van der Waals surface area contributed by atoms with E-state index in [0.29, 0.717) is 18.0 Å². The zero-order valence-electron chi connectivity index (χ0n) is 11.5. The van der Waals surface area contributed by atoms with Crippen molar-refractivity contribution in [3.05, 3.63) is 46.8 Å². The number of hydrogen-bond donors (Lipinski definition) is 1. The maximum absolute atomic E-state index is 8.78. The Kier molecular flexibility index (Phi) is 3.57. The molecule has 98 valence electrons. The molecule has 2 aromatic rings. The summed E-state index contributed by atoms with van der Waals surface area (Å²) in [6.45, 7) is 6.83. The van der Waals surface area contributed by atoms with Crippen molar-refractivity contribution >= 4 is 5.69 Å². The molecule has 2 N–H and O–H groups in total. The third kappa shape index (κ3) is 2.60. The molecule has 0 atom stereocenters. The molecular formula is C15H18N4. The van der Waals surface area contributed by atoms with E-state index in [9.17, 15) is 0 Å². The monoisotopic (exact) mass is 254 g/mol. The predicted molar refractivity (Wildman–Crippen MR) is 75.7 cm³/mol. The first kappa shape index (κ1) is 13.2. The van der Waals surface area contributed by atoms with E-state index in [1.807, 2.05) is 35.9 Å². The molecule has 4 nitrogen and oxygen atoms in total. The van der Waals surface area contributed by atoms with Crippen LogP contribution in [0, 0.1) is 18.3 Å². The molecule has 0 spiro atoms. The summed E-state index contributed by atoms with van der Waals surface area (Å²) in [5.74, 6) is 0.320. The standard InChI is InChI=1S/C15H18N4/c1-10(2)15-14(17)11(3)19(18-15)9-13-6-4-12(8-16)5-7-13/h4-7,10H,9,17H2,1-3H3. The highest BCUT2D eigenvalue weighted by atomic mass is 15.3. The largest absolute Gasteiger partial charge is 0.396 e. The van der Waals surface area contributed by atoms with Gasteiger partial charge in [0, 0.05) is 0 Å². The fraction of sp³-hybridized carbons (Fsp3) is 0.333. The fourth-order valence-corrected chi connectivity index (χ4v) is 2.02. The molecule has 0 saturated carbocycles. The summed E-state index contributed by atoms with van der Waals surface area (Å²) in [6.07, 6.45) is 0. The molecule has 1 aromatic heterocycles. The molecule has 19 heavy (non-hydrogen) atoms. The summed E-state index contributed by atoms with van der Waals surface area (Å²) >= 11 is 0. The highest BCUT2D eigenvalue weighted by molar-refractivity contribution is 5.49. The molecule has 2 rings (SSSR count). The predicted octanol–water partition coefficient (Wildman–Crippen LogP) is 2.82. The summed E-state index contributed by atoms with van der Waals surface area (Å²) < 4.78 is 1.92. The van der Waals surface area contributed by atoms with Crippen molar-refractivity contribution in [2.45, 2.75) is 33.2 Å². The average Bonchev–Trinajstić information content (AvgIpc) is 2.68. The lowest BCUT2D eigenvalue weighted by Gasteiger charge is -2.04. The van der Waals surface area contributed by atoms with E-state index in [1.54, 1.807) is 0 Å². The van der Waals surface area contributed by atoms with E-state index in [2.05, 4.69) is 25.0 Å². The Bertz CT molecular complexity index is 615. The number of hydrogen-bond acceptors (Lipinski definition) is 3. The minimum atomic E-state index is 0.320. The van der Waals surface area contributed by atoms with E-state index < -0.39 is 0 Å². The Morgan fingerprint density at radius 1 is 1.32 bits per heavy atom. The van der Waals surface area contributed by atoms with Crippen LogP contribution in [0.2, 0.25) is 0 Å². The average molecular weight is 254 g/mol. The van der Waals surface area contributed by atoms with Crippen molar-refractivity contribution < 1.29 is 0 Å². The van der Waals surface area contributed by atoms with Gasteiger partial charge in [-0.2, -0.15) is 10.4 Å². The third-order valence-electron chi connectivity index (χ3n) is 3.24. The number of rotatable bonds is 3. The number of benzene rings is 1. The Balaban J connectivity index is 2.28. The molecule has 0 aliphatic rings. The Morgan fingerprint density at radius 3 is 2.42 bits per heavy atom. The van der Waals surface area contributed by atoms with Crippen LogP contribution < -0.4 is 5.73 Å². The maximum Gasteiger partial charge on any atom is 0.0991 e. The highest BCUT2D eigenvalue weighted by Gasteiger charge is 2.14. The van der Waals surface area contributed by atoms with Crippen molar-refractivity contribution in [3.63, 3.8) is 0 Å². The van der Waals surface area contributed by atoms with Gasteiger partial charge in [0.1, 0.15) is 0 Å². The molecule has 0 fully saturated rings. The van der Waals surface area contributed by atoms with Gasteiger partial charge in [-0.3, -0.25) is 4.68 Å². The van der Waals surface area contributed by atoms with Gasteiger partial charge in [-0.05, 0) is 30.5 Å². The van der Waals surface area contributed by atoms with E-state index in [-0.39, 0.29) is 0 Å². The summed E-state index contributed by atoms with van der Waals surface area (Å²) in [7, 11) is 0. The number of nitrogens with two attached hydrogens (primary N) is 1. The van der Waals surface area contributed by atoms with Gasteiger partial charge >= 0.3 is 0 Å². The first-order valence-corrected chi connectivity index (χ1v) is 6.34. The molecule has 1 aromatic carbocycles. The summed E-state index contributed by atoms with van der Waals surface area (Å²) in [6, 6.07) is 9.65. The van der Waals surface area contributed by atoms with E-state index in [1.165, 1.54) is 0 Å². The molecule has 1 heterocycles. The van der Waals surface area contributed by atoms with Crippen LogP contribution >= 0.6 is 0 Å². The second-order valence-corrected chi connectivity index (χ2v) is 5.01. The van der Waals surface area contributed by atoms with Crippen LogP contribution in [-0.2, 0) is 6.54 Å². The number of nitriles is 1. The summed E-state index contributed by atoms with van der Waals surface area (Å²) in [5, 5.41) is 13.4. The highest BCUT2D eigenvalue weighted by Crippen LogP contribution is 2.24. The van der Waals surface area contributed by atoms with Crippen molar-refractivity contribution in [3.8, 4) is 6.07 Å². The molecule has 0 amide bonds. The van der Waals surface area contributed by atoms with E-state index in [0.717, 1.165) is 22.6 Å². The molecule has 0 aliphatic heterocycles. The number of nitrogen functional groups attached to an aromatic ring is 1. The van der Waals surface area contributed by atoms with Crippen LogP contribution in [0.1, 0.15) is 42.3 Å². The minimum Gasteiger partial charge on any atom is -0.396 e. The fourth-order valence-electron chi connectivity index (χ4n) is 2.02. The van der Waals surface area contributed by atoms with Crippen molar-refractivity contribution in [2.75, 3.05) is 5.73 Å². The normalized spacial score (nSPS) is 10.7. The lowest BCUT2D eigenvalue weighted by atomic mass is 10.1. The summed E-state index contributed by atoms with van der Waals surface area (Å²) in [4.78, 5) is 0. The number of anilines is 1. The Morgan fingerprint density at radius 2 is 1.95 bits per heavy atom. The van der Waals surface area contributed by atoms with Gasteiger partial charge in [-0.15, -0.1) is 0 Å². The second kappa shape index (κ2) is 5.15. The zero-order valence-corrected chi connectivity index (χ0v) is 11.5. The Labute approximate surface area is 113 Å². The second-order valence-electron chi connectivity index (χ2n) is 5.01. The van der Waals surface area contributed by atoms with Crippen molar-refractivity contribution in [1.82, 2.24) is 9.78 Å². The van der Waals surface area contributed by atoms with Gasteiger partial charge < -0.3 is 5.73 Å². The summed E-state index contributed by atoms with van der Waals surface area (Å²) in [5.41, 5.74) is 10.6. The molecule has 0 saturated heterocycles. The van der Waals surface area contributed by atoms with E-state index in [4.69, 9.17) is 11.0 Å². The van der Waals surface area contributed by atoms with Crippen LogP contribution in [0.3, 0.4) is 0 Å². The van der Waals surface area contributed by atoms with Crippen molar-refractivity contribution in [1.29, 1.82) is 5.26 Å². The first-order chi connectivity index (χ1) is 9.02. The molecule has 0 aliphatic carbocycles. The third-order valence-corrected chi connectivity index (χ3v) is 3.24. The lowest BCUT2D eigenvalue weighted by Crippen LogP contribution is -2.04. The molecule has 4 heteroatoms. The van der Waals surface area contributed by atoms with Crippen LogP contribution in [-0.4, -0.2) is 9.78 Å². The first-order valence-electron chi connectivity index (χ1n) is 6.34. The molecule has 0 unspecified atom stereocenters. The molecule has 0 bridgehead atoms. The van der Waals surface area contributed by atoms with Crippen LogP contribution in [0.15, 0.2) is 24.3 Å². The van der Waals surface area contributed by atoms with Crippen LogP contribution in [0.5, 0.6) is 0 Å². The smallest absolute Gasteiger partial charge is 0.0991 e. The minimum absolute atomic E-state index is 0.320. The Hall–Kier alpha value is -2.28. The zero-order chi connectivity index (χ0) is 14.0. The lowest BCUT2D eigenvalue weighted by molar-refractivity contribution is 0.641. The molecular weight excluding hydrogens is 236 g/mol. The van der Waals surface area contributed by atoms with Gasteiger partial charge in [-0.25, -0.2) is 0 Å². The number of aromatic nitrogens is 2. The molecule has 0 radical (unpaired) electrons. The van der Waals surface area contributed by atoms with Gasteiger partial charge in [0.25, 0.3) is 0 Å². The SMILES string of the molecule is Cc1c(N)c(C(C)C)nn1Cc1ccc(C#N)cc1. The van der Waals surface area contributed by atoms with Gasteiger partial charge in [0.2, 0.25) is 0 Å².